The van der Waals surface area contributed by atoms with Crippen molar-refractivity contribution in [1.82, 2.24) is 14.9 Å². The van der Waals surface area contributed by atoms with E-state index in [1.807, 2.05) is 58.0 Å². The van der Waals surface area contributed by atoms with Crippen molar-refractivity contribution < 1.29 is 28.6 Å². The van der Waals surface area contributed by atoms with Gasteiger partial charge in [-0.3, -0.25) is 14.7 Å². The maximum atomic E-state index is 13.8. The number of methoxy groups -OCH3 is 1. The summed E-state index contributed by atoms with van der Waals surface area (Å²) in [6.07, 6.45) is 6.02. The number of aromatic nitrogens is 1. The van der Waals surface area contributed by atoms with Crippen LogP contribution >= 0.6 is 0 Å². The van der Waals surface area contributed by atoms with Crippen molar-refractivity contribution in [2.24, 2.45) is 5.92 Å². The van der Waals surface area contributed by atoms with Gasteiger partial charge in [0, 0.05) is 48.7 Å². The average molecular weight is 687 g/mol. The molecule has 0 spiro atoms. The quantitative estimate of drug-likeness (QED) is 0.211. The van der Waals surface area contributed by atoms with Gasteiger partial charge in [0.1, 0.15) is 22.8 Å². The number of nitrogens with one attached hydrogen (secondary N) is 1. The molecule has 0 saturated carbocycles. The van der Waals surface area contributed by atoms with E-state index in [4.69, 9.17) is 19.0 Å². The molecule has 2 aliphatic heterocycles. The van der Waals surface area contributed by atoms with Crippen molar-refractivity contribution in [3.8, 4) is 17.2 Å². The van der Waals surface area contributed by atoms with Crippen LogP contribution in [0.15, 0.2) is 48.7 Å². The van der Waals surface area contributed by atoms with E-state index >= 15 is 0 Å². The molecule has 2 aliphatic rings. The number of carbonyl (C=O) groups excluding carboxylic acids is 2. The Morgan fingerprint density at radius 1 is 0.940 bits per heavy atom. The van der Waals surface area contributed by atoms with Crippen LogP contribution in [0.2, 0.25) is 0 Å². The van der Waals surface area contributed by atoms with Crippen LogP contribution < -0.4 is 14.8 Å². The van der Waals surface area contributed by atoms with E-state index in [9.17, 15) is 9.59 Å². The molecular weight excluding hydrogens is 632 g/mol. The molecule has 0 aliphatic carbocycles. The lowest BCUT2D eigenvalue weighted by atomic mass is 9.85. The van der Waals surface area contributed by atoms with E-state index in [2.05, 4.69) is 42.0 Å². The number of aryl methyl sites for hydroxylation is 1. The first-order valence-electron chi connectivity index (χ1n) is 17.8. The maximum absolute atomic E-state index is 13.8. The Balaban J connectivity index is 1.25. The van der Waals surface area contributed by atoms with Crippen molar-refractivity contribution in [3.05, 3.63) is 76.6 Å². The van der Waals surface area contributed by atoms with Gasteiger partial charge in [0.05, 0.1) is 12.8 Å². The Morgan fingerprint density at radius 2 is 1.66 bits per heavy atom. The van der Waals surface area contributed by atoms with Gasteiger partial charge in [-0.05, 0) is 120 Å². The first-order chi connectivity index (χ1) is 23.7. The number of carbonyl (C=O) groups is 2. The molecule has 3 heterocycles. The van der Waals surface area contributed by atoms with Crippen LogP contribution in [0, 0.1) is 12.8 Å². The summed E-state index contributed by atoms with van der Waals surface area (Å²) in [6, 6.07) is 13.6. The highest BCUT2D eigenvalue weighted by molar-refractivity contribution is 6.05. The molecule has 1 N–H and O–H groups in total. The summed E-state index contributed by atoms with van der Waals surface area (Å²) in [5, 5.41) is 4.83. The molecule has 1 amide bonds. The molecular formula is C40H54N4O6. The first-order valence-corrected chi connectivity index (χ1v) is 17.8. The van der Waals surface area contributed by atoms with Crippen LogP contribution in [0.4, 0.5) is 10.5 Å². The second-order valence-electron chi connectivity index (χ2n) is 15.6. The number of rotatable bonds is 10. The number of hydrogen-bond donors (Lipinski definition) is 1. The highest BCUT2D eigenvalue weighted by Gasteiger charge is 2.26. The van der Waals surface area contributed by atoms with Gasteiger partial charge >= 0.3 is 6.16 Å². The Morgan fingerprint density at radius 3 is 2.32 bits per heavy atom. The monoisotopic (exact) mass is 686 g/mol. The van der Waals surface area contributed by atoms with Gasteiger partial charge < -0.3 is 24.4 Å². The standard InChI is InChI=1S/C40H54N4O6/c1-27-11-12-29(37(45)42-34-24-31(39(2,3)4)22-30(36(34)47-8)26-43-17-9-10-18-43)23-35(27)48-33-13-16-41-32(25-33)21-28-14-19-44(20-15-28)50-38(46)49-40(5,6)7/h11-13,16,22-25,28H,9-10,14-15,17-21,26H2,1-8H3,(H,42,45). The Kier molecular flexibility index (Phi) is 11.7. The number of amides is 1. The molecule has 0 bridgehead atoms. The molecule has 10 heteroatoms. The van der Waals surface area contributed by atoms with E-state index in [1.165, 1.54) is 12.8 Å². The third kappa shape index (κ3) is 10.2. The normalized spacial score (nSPS) is 16.2. The Bertz CT molecular complexity index is 1650. The molecule has 0 radical (unpaired) electrons. The summed E-state index contributed by atoms with van der Waals surface area (Å²) in [4.78, 5) is 38.2. The third-order valence-electron chi connectivity index (χ3n) is 9.21. The van der Waals surface area contributed by atoms with Crippen LogP contribution in [0.5, 0.6) is 17.2 Å². The number of nitrogens with zero attached hydrogens (tertiary/aromatic N) is 3. The molecule has 2 saturated heterocycles. The number of piperidine rings is 1. The second-order valence-corrected chi connectivity index (χ2v) is 15.6. The zero-order valence-electron chi connectivity index (χ0n) is 31.1. The molecule has 2 fully saturated rings. The predicted octanol–water partition coefficient (Wildman–Crippen LogP) is 8.46. The Labute approximate surface area is 297 Å². The van der Waals surface area contributed by atoms with E-state index < -0.39 is 11.8 Å². The van der Waals surface area contributed by atoms with Gasteiger partial charge in [-0.2, -0.15) is 0 Å². The van der Waals surface area contributed by atoms with Gasteiger partial charge in [-0.25, -0.2) is 4.79 Å². The molecule has 270 valence electrons. The lowest BCUT2D eigenvalue weighted by Gasteiger charge is -2.30. The molecule has 0 atom stereocenters. The highest BCUT2D eigenvalue weighted by atomic mass is 16.8. The summed E-state index contributed by atoms with van der Waals surface area (Å²) in [5.41, 5.74) is 4.53. The van der Waals surface area contributed by atoms with E-state index in [-0.39, 0.29) is 11.3 Å². The van der Waals surface area contributed by atoms with Crippen LogP contribution in [-0.4, -0.2) is 65.9 Å². The molecule has 0 unspecified atom stereocenters. The number of benzene rings is 2. The summed E-state index contributed by atoms with van der Waals surface area (Å²) < 4.78 is 17.5. The molecule has 2 aromatic carbocycles. The smallest absolute Gasteiger partial charge is 0.494 e. The maximum Gasteiger partial charge on any atom is 0.528 e. The first kappa shape index (κ1) is 37.1. The van der Waals surface area contributed by atoms with Gasteiger partial charge in [0.2, 0.25) is 0 Å². The van der Waals surface area contributed by atoms with Gasteiger partial charge in [0.25, 0.3) is 5.91 Å². The van der Waals surface area contributed by atoms with Crippen LogP contribution in [0.3, 0.4) is 0 Å². The van der Waals surface area contributed by atoms with Gasteiger partial charge in [-0.1, -0.05) is 32.9 Å². The summed E-state index contributed by atoms with van der Waals surface area (Å²) in [7, 11) is 1.67. The minimum Gasteiger partial charge on any atom is -0.494 e. The number of hydrogen-bond acceptors (Lipinski definition) is 9. The van der Waals surface area contributed by atoms with E-state index in [0.29, 0.717) is 47.5 Å². The molecule has 50 heavy (non-hydrogen) atoms. The predicted molar refractivity (Wildman–Crippen MR) is 195 cm³/mol. The highest BCUT2D eigenvalue weighted by Crippen LogP contribution is 2.37. The summed E-state index contributed by atoms with van der Waals surface area (Å²) >= 11 is 0. The van der Waals surface area contributed by atoms with Crippen molar-refractivity contribution in [3.63, 3.8) is 0 Å². The zero-order valence-corrected chi connectivity index (χ0v) is 31.1. The van der Waals surface area contributed by atoms with Crippen molar-refractivity contribution in [2.45, 2.75) is 98.1 Å². The molecule has 5 rings (SSSR count). The van der Waals surface area contributed by atoms with Crippen molar-refractivity contribution >= 4 is 17.7 Å². The third-order valence-corrected chi connectivity index (χ3v) is 9.21. The summed E-state index contributed by atoms with van der Waals surface area (Å²) in [6.45, 7) is 18.2. The van der Waals surface area contributed by atoms with Gasteiger partial charge in [0.15, 0.2) is 0 Å². The second kappa shape index (κ2) is 15.8. The fourth-order valence-corrected chi connectivity index (χ4v) is 6.43. The van der Waals surface area contributed by atoms with E-state index in [1.54, 1.807) is 24.4 Å². The number of likely N-dealkylation sites (tertiary alicyclic amines) is 1. The van der Waals surface area contributed by atoms with Gasteiger partial charge in [-0.15, -0.1) is 5.06 Å². The molecule has 10 nitrogen and oxygen atoms in total. The average Bonchev–Trinajstić information content (AvgIpc) is 3.55. The lowest BCUT2D eigenvalue weighted by molar-refractivity contribution is -0.155. The van der Waals surface area contributed by atoms with Crippen LogP contribution in [-0.2, 0) is 28.0 Å². The largest absolute Gasteiger partial charge is 0.528 e. The van der Waals surface area contributed by atoms with Crippen molar-refractivity contribution in [2.75, 3.05) is 38.6 Å². The fraction of sp³-hybridized carbons (Fsp3) is 0.525. The molecule has 1 aromatic heterocycles. The van der Waals surface area contributed by atoms with Crippen LogP contribution in [0.1, 0.15) is 100.0 Å². The number of ether oxygens (including phenoxy) is 3. The summed E-state index contributed by atoms with van der Waals surface area (Å²) in [5.74, 6) is 2.13. The van der Waals surface area contributed by atoms with Crippen LogP contribution in [0.25, 0.3) is 0 Å². The fourth-order valence-electron chi connectivity index (χ4n) is 6.43. The Hall–Kier alpha value is -4.15. The topological polar surface area (TPSA) is 102 Å². The SMILES string of the molecule is COc1c(CN2CCCC2)cc(C(C)(C)C)cc1NC(=O)c1ccc(C)c(Oc2ccnc(CC3CCN(OC(=O)OC(C)(C)C)CC3)c2)c1. The molecule has 3 aromatic rings. The minimum absolute atomic E-state index is 0.104. The number of anilines is 1. The number of hydroxylamine groups is 2. The zero-order chi connectivity index (χ0) is 36.1. The lowest BCUT2D eigenvalue weighted by Crippen LogP contribution is -2.38. The van der Waals surface area contributed by atoms with E-state index in [0.717, 1.165) is 61.3 Å². The minimum atomic E-state index is -0.671. The number of pyridine rings is 1. The van der Waals surface area contributed by atoms with Crippen molar-refractivity contribution in [1.29, 1.82) is 0 Å².